The van der Waals surface area contributed by atoms with Crippen LogP contribution in [0.4, 0.5) is 5.13 Å². The fourth-order valence-corrected chi connectivity index (χ4v) is 1.33. The number of hydrogen-bond donors (Lipinski definition) is 3. The van der Waals surface area contributed by atoms with Crippen molar-refractivity contribution < 1.29 is 4.79 Å². The monoisotopic (exact) mass is 200 g/mol. The zero-order valence-corrected chi connectivity index (χ0v) is 7.93. The van der Waals surface area contributed by atoms with E-state index in [0.29, 0.717) is 23.9 Å². The van der Waals surface area contributed by atoms with E-state index in [0.717, 1.165) is 6.42 Å². The second-order valence-electron chi connectivity index (χ2n) is 2.47. The quantitative estimate of drug-likeness (QED) is 0.587. The van der Waals surface area contributed by atoms with Crippen LogP contribution in [0.5, 0.6) is 0 Å². The maximum Gasteiger partial charge on any atom is 0.270 e. The van der Waals surface area contributed by atoms with Crippen LogP contribution in [0.3, 0.4) is 0 Å². The van der Waals surface area contributed by atoms with Gasteiger partial charge in [-0.2, -0.15) is 0 Å². The maximum absolute atomic E-state index is 11.3. The minimum atomic E-state index is -0.193. The molecule has 13 heavy (non-hydrogen) atoms. The van der Waals surface area contributed by atoms with Crippen molar-refractivity contribution in [3.05, 3.63) is 11.1 Å². The summed E-state index contributed by atoms with van der Waals surface area (Å²) < 4.78 is 0. The SMILES string of the molecule is NCCCNC(=O)c1csc(N)n1. The molecule has 0 aliphatic heterocycles. The average Bonchev–Trinajstić information content (AvgIpc) is 2.52. The van der Waals surface area contributed by atoms with Crippen LogP contribution < -0.4 is 16.8 Å². The molecule has 0 aliphatic rings. The smallest absolute Gasteiger partial charge is 0.270 e. The van der Waals surface area contributed by atoms with E-state index in [1.54, 1.807) is 5.38 Å². The van der Waals surface area contributed by atoms with Crippen LogP contribution in [0.15, 0.2) is 5.38 Å². The number of hydrogen-bond acceptors (Lipinski definition) is 5. The lowest BCUT2D eigenvalue weighted by atomic mass is 10.4. The molecule has 72 valence electrons. The summed E-state index contributed by atoms with van der Waals surface area (Å²) in [7, 11) is 0. The Bertz CT molecular complexity index is 286. The highest BCUT2D eigenvalue weighted by Crippen LogP contribution is 2.10. The lowest BCUT2D eigenvalue weighted by Gasteiger charge is -2.00. The van der Waals surface area contributed by atoms with Crippen molar-refractivity contribution in [1.82, 2.24) is 10.3 Å². The van der Waals surface area contributed by atoms with Crippen LogP contribution in [0.2, 0.25) is 0 Å². The third kappa shape index (κ3) is 3.00. The summed E-state index contributed by atoms with van der Waals surface area (Å²) in [6.45, 7) is 1.15. The van der Waals surface area contributed by atoms with E-state index in [2.05, 4.69) is 10.3 Å². The van der Waals surface area contributed by atoms with E-state index in [-0.39, 0.29) is 5.91 Å². The predicted octanol–water partition coefficient (Wildman–Crippen LogP) is -0.196. The van der Waals surface area contributed by atoms with Crippen molar-refractivity contribution in [2.24, 2.45) is 5.73 Å². The molecule has 0 aromatic carbocycles. The second-order valence-corrected chi connectivity index (χ2v) is 3.36. The van der Waals surface area contributed by atoms with Gasteiger partial charge in [-0.3, -0.25) is 4.79 Å². The van der Waals surface area contributed by atoms with Crippen LogP contribution in [0.1, 0.15) is 16.9 Å². The minimum absolute atomic E-state index is 0.193. The van der Waals surface area contributed by atoms with Crippen LogP contribution >= 0.6 is 11.3 Å². The molecule has 0 radical (unpaired) electrons. The van der Waals surface area contributed by atoms with Crippen LogP contribution in [0.25, 0.3) is 0 Å². The fourth-order valence-electron chi connectivity index (χ4n) is 0.786. The third-order valence-corrected chi connectivity index (χ3v) is 2.09. The molecule has 0 fully saturated rings. The number of thiazole rings is 1. The van der Waals surface area contributed by atoms with Gasteiger partial charge in [0, 0.05) is 11.9 Å². The Labute approximate surface area is 80.1 Å². The van der Waals surface area contributed by atoms with Crippen molar-refractivity contribution in [3.8, 4) is 0 Å². The fraction of sp³-hybridized carbons (Fsp3) is 0.429. The number of rotatable bonds is 4. The van der Waals surface area contributed by atoms with Crippen molar-refractivity contribution in [2.75, 3.05) is 18.8 Å². The van der Waals surface area contributed by atoms with E-state index in [4.69, 9.17) is 11.5 Å². The number of amides is 1. The molecule has 1 aromatic heterocycles. The van der Waals surface area contributed by atoms with Crippen molar-refractivity contribution in [3.63, 3.8) is 0 Å². The van der Waals surface area contributed by atoms with Crippen molar-refractivity contribution in [1.29, 1.82) is 0 Å². The standard InChI is InChI=1S/C7H12N4OS/c8-2-1-3-10-6(12)5-4-13-7(9)11-5/h4H,1-3,8H2,(H2,9,11)(H,10,12). The number of nitrogens with two attached hydrogens (primary N) is 2. The summed E-state index contributed by atoms with van der Waals surface area (Å²) in [5.41, 5.74) is 11.0. The Kier molecular flexibility index (Phi) is 3.66. The zero-order valence-electron chi connectivity index (χ0n) is 7.12. The van der Waals surface area contributed by atoms with E-state index < -0.39 is 0 Å². The molecule has 0 spiro atoms. The zero-order chi connectivity index (χ0) is 9.68. The molecule has 0 bridgehead atoms. The first-order valence-electron chi connectivity index (χ1n) is 3.93. The van der Waals surface area contributed by atoms with E-state index >= 15 is 0 Å². The summed E-state index contributed by atoms with van der Waals surface area (Å²) in [6, 6.07) is 0. The normalized spacial score (nSPS) is 9.92. The summed E-state index contributed by atoms with van der Waals surface area (Å²) in [5.74, 6) is -0.193. The maximum atomic E-state index is 11.3. The van der Waals surface area contributed by atoms with Crippen LogP contribution in [0, 0.1) is 0 Å². The lowest BCUT2D eigenvalue weighted by molar-refractivity contribution is 0.0949. The average molecular weight is 200 g/mol. The van der Waals surface area contributed by atoms with Gasteiger partial charge in [0.1, 0.15) is 5.69 Å². The molecule has 0 atom stereocenters. The Morgan fingerprint density at radius 2 is 2.46 bits per heavy atom. The molecule has 0 saturated carbocycles. The summed E-state index contributed by atoms with van der Waals surface area (Å²) in [4.78, 5) is 15.1. The van der Waals surface area contributed by atoms with Gasteiger partial charge in [0.15, 0.2) is 5.13 Å². The number of aromatic nitrogens is 1. The molecule has 1 aromatic rings. The molecule has 6 heteroatoms. The molecule has 1 amide bonds. The van der Waals surface area contributed by atoms with Gasteiger partial charge in [0.25, 0.3) is 5.91 Å². The summed E-state index contributed by atoms with van der Waals surface area (Å²) in [6.07, 6.45) is 0.769. The van der Waals surface area contributed by atoms with Gasteiger partial charge in [-0.1, -0.05) is 0 Å². The Balaban J connectivity index is 2.40. The second kappa shape index (κ2) is 4.78. The highest BCUT2D eigenvalue weighted by molar-refractivity contribution is 7.13. The number of anilines is 1. The van der Waals surface area contributed by atoms with Gasteiger partial charge in [-0.15, -0.1) is 11.3 Å². The van der Waals surface area contributed by atoms with Gasteiger partial charge in [0.2, 0.25) is 0 Å². The minimum Gasteiger partial charge on any atom is -0.375 e. The topological polar surface area (TPSA) is 94.0 Å². The Morgan fingerprint density at radius 3 is 3.00 bits per heavy atom. The third-order valence-electron chi connectivity index (χ3n) is 1.42. The van der Waals surface area contributed by atoms with Crippen molar-refractivity contribution >= 4 is 22.4 Å². The molecule has 1 rings (SSSR count). The summed E-state index contributed by atoms with van der Waals surface area (Å²) >= 11 is 1.25. The number of nitrogens with one attached hydrogen (secondary N) is 1. The number of nitrogens with zero attached hydrogens (tertiary/aromatic N) is 1. The Hall–Kier alpha value is -1.14. The molecule has 0 saturated heterocycles. The molecule has 1 heterocycles. The molecule has 0 aliphatic carbocycles. The van der Waals surface area contributed by atoms with Gasteiger partial charge in [-0.25, -0.2) is 4.98 Å². The van der Waals surface area contributed by atoms with Gasteiger partial charge in [0.05, 0.1) is 0 Å². The first-order chi connectivity index (χ1) is 6.24. The molecule has 0 unspecified atom stereocenters. The number of nitrogen functional groups attached to an aromatic ring is 1. The molecule has 5 N–H and O–H groups in total. The van der Waals surface area contributed by atoms with Gasteiger partial charge < -0.3 is 16.8 Å². The van der Waals surface area contributed by atoms with E-state index in [1.165, 1.54) is 11.3 Å². The highest BCUT2D eigenvalue weighted by atomic mass is 32.1. The number of carbonyl (C=O) groups excluding carboxylic acids is 1. The van der Waals surface area contributed by atoms with Crippen LogP contribution in [-0.4, -0.2) is 24.0 Å². The van der Waals surface area contributed by atoms with Crippen molar-refractivity contribution in [2.45, 2.75) is 6.42 Å². The van der Waals surface area contributed by atoms with Gasteiger partial charge >= 0.3 is 0 Å². The largest absolute Gasteiger partial charge is 0.375 e. The highest BCUT2D eigenvalue weighted by Gasteiger charge is 2.07. The first kappa shape index (κ1) is 9.94. The molecule has 5 nitrogen and oxygen atoms in total. The van der Waals surface area contributed by atoms with Gasteiger partial charge in [-0.05, 0) is 13.0 Å². The predicted molar refractivity (Wildman–Crippen MR) is 52.5 cm³/mol. The summed E-state index contributed by atoms with van der Waals surface area (Å²) in [5, 5.41) is 4.72. The van der Waals surface area contributed by atoms with E-state index in [9.17, 15) is 4.79 Å². The molecular weight excluding hydrogens is 188 g/mol. The number of carbonyl (C=O) groups is 1. The lowest BCUT2D eigenvalue weighted by Crippen LogP contribution is -2.26. The van der Waals surface area contributed by atoms with E-state index in [1.807, 2.05) is 0 Å². The first-order valence-corrected chi connectivity index (χ1v) is 4.81. The Morgan fingerprint density at radius 1 is 1.69 bits per heavy atom. The molecular formula is C7H12N4OS. The van der Waals surface area contributed by atoms with Crippen LogP contribution in [-0.2, 0) is 0 Å².